The minimum Gasteiger partial charge on any atom is -0.490 e. The van der Waals surface area contributed by atoms with Crippen LogP contribution in [-0.4, -0.2) is 58.2 Å². The molecule has 2 aromatic carbocycles. The molecule has 1 aliphatic rings. The monoisotopic (exact) mass is 603 g/mol. The second-order valence-electron chi connectivity index (χ2n) is 11.6. The Labute approximate surface area is 254 Å². The summed E-state index contributed by atoms with van der Waals surface area (Å²) in [6.07, 6.45) is 1.04. The molecule has 0 unspecified atom stereocenters. The summed E-state index contributed by atoms with van der Waals surface area (Å²) in [6.45, 7) is 8.30. The zero-order valence-electron chi connectivity index (χ0n) is 24.7. The van der Waals surface area contributed by atoms with Gasteiger partial charge in [0.15, 0.2) is 5.01 Å². The van der Waals surface area contributed by atoms with Gasteiger partial charge < -0.3 is 25.7 Å². The minimum absolute atomic E-state index is 0.0365. The van der Waals surface area contributed by atoms with Crippen molar-refractivity contribution in [1.29, 1.82) is 0 Å². The number of ether oxygens (including phenoxy) is 1. The van der Waals surface area contributed by atoms with Gasteiger partial charge in [0.1, 0.15) is 17.5 Å². The van der Waals surface area contributed by atoms with Crippen LogP contribution in [-0.2, 0) is 9.59 Å². The van der Waals surface area contributed by atoms with Gasteiger partial charge in [-0.15, -0.1) is 11.3 Å². The van der Waals surface area contributed by atoms with E-state index in [0.717, 1.165) is 15.6 Å². The number of benzene rings is 2. The van der Waals surface area contributed by atoms with Crippen molar-refractivity contribution in [2.75, 3.05) is 6.54 Å². The van der Waals surface area contributed by atoms with Gasteiger partial charge >= 0.3 is 0 Å². The highest BCUT2D eigenvalue weighted by Gasteiger charge is 2.35. The van der Waals surface area contributed by atoms with E-state index in [4.69, 9.17) is 4.74 Å². The Bertz CT molecular complexity index is 1630. The molecule has 0 spiro atoms. The highest BCUT2D eigenvalue weighted by Crippen LogP contribution is 2.28. The Kier molecular flexibility index (Phi) is 9.10. The summed E-state index contributed by atoms with van der Waals surface area (Å²) in [5.41, 5.74) is 1.73. The summed E-state index contributed by atoms with van der Waals surface area (Å²) < 4.78 is 6.76. The van der Waals surface area contributed by atoms with Crippen molar-refractivity contribution in [1.82, 2.24) is 25.9 Å². The number of thiazole rings is 1. The Morgan fingerprint density at radius 1 is 1.05 bits per heavy atom. The van der Waals surface area contributed by atoms with Crippen molar-refractivity contribution in [2.24, 2.45) is 11.8 Å². The SMILES string of the molecule is CC(C)C[C@H](NC(=O)c1cc2c(OC(C)C)cccc2[nH]1)C(=O)N[C@@H](C[C@@H]1CCNC1=O)C(=O)c1nc2ccccc2s1. The number of Topliss-reactive ketones (excluding diaryl/α,β-unsaturated/α-hetero) is 1. The van der Waals surface area contributed by atoms with E-state index in [1.54, 1.807) is 6.07 Å². The van der Waals surface area contributed by atoms with Crippen molar-refractivity contribution in [3.8, 4) is 5.75 Å². The summed E-state index contributed by atoms with van der Waals surface area (Å²) in [6, 6.07) is 12.8. The first-order chi connectivity index (χ1) is 20.6. The number of aromatic nitrogens is 2. The van der Waals surface area contributed by atoms with Crippen LogP contribution < -0.4 is 20.7 Å². The van der Waals surface area contributed by atoms with Crippen molar-refractivity contribution in [3.63, 3.8) is 0 Å². The molecule has 43 heavy (non-hydrogen) atoms. The van der Waals surface area contributed by atoms with Gasteiger partial charge in [-0.05, 0) is 69.4 Å². The third kappa shape index (κ3) is 7.05. The summed E-state index contributed by atoms with van der Waals surface area (Å²) in [7, 11) is 0. The van der Waals surface area contributed by atoms with Crippen molar-refractivity contribution in [2.45, 2.75) is 65.1 Å². The number of amides is 3. The highest BCUT2D eigenvalue weighted by molar-refractivity contribution is 7.20. The zero-order chi connectivity index (χ0) is 30.7. The average Bonchev–Trinajstić information content (AvgIpc) is 3.70. The number of carbonyl (C=O) groups excluding carboxylic acids is 4. The lowest BCUT2D eigenvalue weighted by molar-refractivity contribution is -0.125. The number of carbonyl (C=O) groups is 4. The lowest BCUT2D eigenvalue weighted by Gasteiger charge is -2.24. The van der Waals surface area contributed by atoms with Crippen LogP contribution in [0.25, 0.3) is 21.1 Å². The molecule has 2 aromatic heterocycles. The fourth-order valence-corrected chi connectivity index (χ4v) is 6.29. The second kappa shape index (κ2) is 12.9. The molecule has 0 radical (unpaired) electrons. The lowest BCUT2D eigenvalue weighted by atomic mass is 9.95. The Morgan fingerprint density at radius 3 is 2.53 bits per heavy atom. The van der Waals surface area contributed by atoms with Crippen molar-refractivity contribution < 1.29 is 23.9 Å². The first-order valence-electron chi connectivity index (χ1n) is 14.7. The van der Waals surface area contributed by atoms with E-state index < -0.39 is 29.8 Å². The molecular weight excluding hydrogens is 566 g/mol. The average molecular weight is 604 g/mol. The van der Waals surface area contributed by atoms with E-state index in [1.807, 2.05) is 70.2 Å². The van der Waals surface area contributed by atoms with Gasteiger partial charge in [0.25, 0.3) is 5.91 Å². The third-order valence-electron chi connectivity index (χ3n) is 7.38. The van der Waals surface area contributed by atoms with Crippen LogP contribution in [0.3, 0.4) is 0 Å². The van der Waals surface area contributed by atoms with Gasteiger partial charge in [-0.1, -0.05) is 32.0 Å². The number of H-pyrrole nitrogens is 1. The van der Waals surface area contributed by atoms with E-state index in [0.29, 0.717) is 36.3 Å². The largest absolute Gasteiger partial charge is 0.490 e. The molecule has 11 heteroatoms. The molecule has 0 saturated carbocycles. The van der Waals surface area contributed by atoms with Crippen LogP contribution in [0.15, 0.2) is 48.5 Å². The summed E-state index contributed by atoms with van der Waals surface area (Å²) in [5.74, 6) is -1.10. The van der Waals surface area contributed by atoms with E-state index in [1.165, 1.54) is 11.3 Å². The van der Waals surface area contributed by atoms with Gasteiger partial charge in [0.2, 0.25) is 17.6 Å². The fourth-order valence-electron chi connectivity index (χ4n) is 5.33. The molecule has 3 amide bonds. The van der Waals surface area contributed by atoms with Crippen LogP contribution in [0.2, 0.25) is 0 Å². The molecule has 10 nitrogen and oxygen atoms in total. The Balaban J connectivity index is 1.37. The predicted molar refractivity (Wildman–Crippen MR) is 166 cm³/mol. The molecule has 1 saturated heterocycles. The molecular formula is C32H37N5O5S. The maximum atomic E-state index is 13.7. The number of fused-ring (bicyclic) bond motifs is 2. The third-order valence-corrected chi connectivity index (χ3v) is 8.43. The van der Waals surface area contributed by atoms with Gasteiger partial charge in [0, 0.05) is 23.4 Å². The first-order valence-corrected chi connectivity index (χ1v) is 15.5. The molecule has 5 rings (SSSR count). The van der Waals surface area contributed by atoms with Crippen LogP contribution in [0.4, 0.5) is 0 Å². The number of nitrogens with one attached hydrogen (secondary N) is 4. The molecule has 0 bridgehead atoms. The molecule has 1 aliphatic heterocycles. The number of hydrogen-bond donors (Lipinski definition) is 4. The number of rotatable bonds is 12. The molecule has 0 aliphatic carbocycles. The van der Waals surface area contributed by atoms with Gasteiger partial charge in [0.05, 0.1) is 22.4 Å². The molecule has 4 N–H and O–H groups in total. The maximum Gasteiger partial charge on any atom is 0.268 e. The normalized spacial score (nSPS) is 16.4. The van der Waals surface area contributed by atoms with Crippen LogP contribution in [0.5, 0.6) is 5.75 Å². The van der Waals surface area contributed by atoms with E-state index >= 15 is 0 Å². The number of para-hydroxylation sites is 1. The number of hydrogen-bond acceptors (Lipinski definition) is 7. The fraction of sp³-hybridized carbons (Fsp3) is 0.406. The van der Waals surface area contributed by atoms with Gasteiger partial charge in [-0.2, -0.15) is 0 Å². The second-order valence-corrected chi connectivity index (χ2v) is 12.7. The number of ketones is 1. The van der Waals surface area contributed by atoms with Crippen molar-refractivity contribution in [3.05, 3.63) is 59.2 Å². The van der Waals surface area contributed by atoms with E-state index in [9.17, 15) is 19.2 Å². The standard InChI is InChI=1S/C32H37N5O5S/c1-17(2)14-24(36-31(41)25-16-20-21(34-25)9-7-10-26(20)42-18(3)4)30(40)35-23(15-19-12-13-33-29(19)39)28(38)32-37-22-8-5-6-11-27(22)43-32/h5-11,16-19,23-24,34H,12-15H2,1-4H3,(H,33,39)(H,35,40)(H,36,41)/t19-,23-,24-/m0/s1. The van der Waals surface area contributed by atoms with Crippen molar-refractivity contribution >= 4 is 56.0 Å². The zero-order valence-corrected chi connectivity index (χ0v) is 25.5. The molecule has 3 heterocycles. The summed E-state index contributed by atoms with van der Waals surface area (Å²) in [5, 5.41) is 9.58. The van der Waals surface area contributed by atoms with Crippen LogP contribution in [0, 0.1) is 11.8 Å². The molecule has 226 valence electrons. The van der Waals surface area contributed by atoms with Gasteiger partial charge in [-0.25, -0.2) is 4.98 Å². The van der Waals surface area contributed by atoms with Gasteiger partial charge in [-0.3, -0.25) is 19.2 Å². The summed E-state index contributed by atoms with van der Waals surface area (Å²) in [4.78, 5) is 60.9. The van der Waals surface area contributed by atoms with E-state index in [2.05, 4.69) is 25.9 Å². The lowest BCUT2D eigenvalue weighted by Crippen LogP contribution is -2.52. The minimum atomic E-state index is -0.975. The maximum absolute atomic E-state index is 13.7. The van der Waals surface area contributed by atoms with E-state index in [-0.39, 0.29) is 35.1 Å². The Morgan fingerprint density at radius 2 is 1.84 bits per heavy atom. The molecule has 4 aromatic rings. The molecule has 1 fully saturated rings. The number of nitrogens with zero attached hydrogens (tertiary/aromatic N) is 1. The highest BCUT2D eigenvalue weighted by atomic mass is 32.1. The first kappa shape index (κ1) is 30.2. The molecule has 3 atom stereocenters. The Hall–Kier alpha value is -4.25. The quantitative estimate of drug-likeness (QED) is 0.174. The smallest absolute Gasteiger partial charge is 0.268 e. The predicted octanol–water partition coefficient (Wildman–Crippen LogP) is 4.60. The number of aromatic amines is 1. The van der Waals surface area contributed by atoms with Crippen LogP contribution in [0.1, 0.15) is 67.2 Å². The topological polar surface area (TPSA) is 142 Å². The summed E-state index contributed by atoms with van der Waals surface area (Å²) >= 11 is 1.26. The van der Waals surface area contributed by atoms with Crippen LogP contribution >= 0.6 is 11.3 Å².